The van der Waals surface area contributed by atoms with Gasteiger partial charge in [-0.3, -0.25) is 9.59 Å². The third-order valence-corrected chi connectivity index (χ3v) is 6.63. The summed E-state index contributed by atoms with van der Waals surface area (Å²) in [5.74, 6) is -1.37. The number of halogens is 1. The molecule has 1 saturated heterocycles. The van der Waals surface area contributed by atoms with E-state index in [9.17, 15) is 22.4 Å². The molecule has 2 amide bonds. The molecule has 1 aliphatic heterocycles. The Morgan fingerprint density at radius 2 is 1.81 bits per heavy atom. The number of nitrogens with zero attached hydrogens (tertiary/aromatic N) is 1. The van der Waals surface area contributed by atoms with E-state index in [4.69, 9.17) is 0 Å². The smallest absolute Gasteiger partial charge is 0.279 e. The van der Waals surface area contributed by atoms with Gasteiger partial charge in [-0.25, -0.2) is 9.11 Å². The van der Waals surface area contributed by atoms with Gasteiger partial charge in [-0.1, -0.05) is 30.3 Å². The highest BCUT2D eigenvalue weighted by Crippen LogP contribution is 2.13. The third-order valence-electron chi connectivity index (χ3n) is 5.11. The van der Waals surface area contributed by atoms with Crippen LogP contribution in [0, 0.1) is 5.82 Å². The van der Waals surface area contributed by atoms with E-state index in [2.05, 4.69) is 15.4 Å². The maximum atomic E-state index is 13.1. The Hall–Kier alpha value is -2.82. The Morgan fingerprint density at radius 1 is 1.13 bits per heavy atom. The lowest BCUT2D eigenvalue weighted by Crippen LogP contribution is -2.51. The van der Waals surface area contributed by atoms with Crippen LogP contribution in [0.3, 0.4) is 0 Å². The maximum Gasteiger partial charge on any atom is 0.279 e. The van der Waals surface area contributed by atoms with Gasteiger partial charge in [0.25, 0.3) is 16.1 Å². The monoisotopic (exact) mass is 448 g/mol. The lowest BCUT2D eigenvalue weighted by atomic mass is 10.0. The van der Waals surface area contributed by atoms with E-state index in [1.165, 1.54) is 35.6 Å². The molecule has 1 fully saturated rings. The van der Waals surface area contributed by atoms with Crippen molar-refractivity contribution in [2.45, 2.75) is 24.9 Å². The first-order valence-corrected chi connectivity index (χ1v) is 11.3. The van der Waals surface area contributed by atoms with Crippen LogP contribution in [-0.4, -0.2) is 56.8 Å². The molecule has 1 aliphatic rings. The van der Waals surface area contributed by atoms with Crippen LogP contribution >= 0.6 is 0 Å². The molecule has 10 heteroatoms. The van der Waals surface area contributed by atoms with Crippen molar-refractivity contribution in [3.05, 3.63) is 71.5 Å². The largest absolute Gasteiger partial charge is 0.350 e. The quantitative estimate of drug-likeness (QED) is 0.556. The van der Waals surface area contributed by atoms with Crippen LogP contribution in [0.4, 0.5) is 4.39 Å². The van der Waals surface area contributed by atoms with Crippen molar-refractivity contribution in [2.24, 2.45) is 0 Å². The van der Waals surface area contributed by atoms with Crippen molar-refractivity contribution < 1.29 is 22.4 Å². The second kappa shape index (κ2) is 9.99. The number of hydrogen-bond donors (Lipinski definition) is 3. The van der Waals surface area contributed by atoms with E-state index in [0.29, 0.717) is 13.0 Å². The lowest BCUT2D eigenvalue weighted by Gasteiger charge is -2.22. The van der Waals surface area contributed by atoms with Gasteiger partial charge >= 0.3 is 0 Å². The zero-order chi connectivity index (χ0) is 22.4. The highest BCUT2D eigenvalue weighted by atomic mass is 32.2. The summed E-state index contributed by atoms with van der Waals surface area (Å²) in [6, 6.07) is 13.0. The molecule has 31 heavy (non-hydrogen) atoms. The van der Waals surface area contributed by atoms with Gasteiger partial charge in [-0.2, -0.15) is 12.7 Å². The summed E-state index contributed by atoms with van der Waals surface area (Å²) >= 11 is 0. The molecule has 3 N–H and O–H groups in total. The van der Waals surface area contributed by atoms with Crippen molar-refractivity contribution >= 4 is 22.0 Å². The summed E-state index contributed by atoms with van der Waals surface area (Å²) < 4.78 is 40.6. The van der Waals surface area contributed by atoms with Gasteiger partial charge in [0, 0.05) is 38.2 Å². The van der Waals surface area contributed by atoms with Crippen molar-refractivity contribution in [1.29, 1.82) is 0 Å². The van der Waals surface area contributed by atoms with Crippen LogP contribution in [0.5, 0.6) is 0 Å². The minimum Gasteiger partial charge on any atom is -0.350 e. The predicted octanol–water partition coefficient (Wildman–Crippen LogP) is 0.822. The van der Waals surface area contributed by atoms with Gasteiger partial charge in [0.15, 0.2) is 0 Å². The van der Waals surface area contributed by atoms with Crippen molar-refractivity contribution in [3.8, 4) is 0 Å². The fourth-order valence-electron chi connectivity index (χ4n) is 3.40. The van der Waals surface area contributed by atoms with Crippen LogP contribution in [0.15, 0.2) is 54.6 Å². The molecule has 3 rings (SSSR count). The number of hydrogen-bond acceptors (Lipinski definition) is 4. The second-order valence-electron chi connectivity index (χ2n) is 7.28. The van der Waals surface area contributed by atoms with E-state index >= 15 is 0 Å². The highest BCUT2D eigenvalue weighted by molar-refractivity contribution is 7.87. The average Bonchev–Trinajstić information content (AvgIpc) is 3.24. The normalized spacial score (nSPS) is 17.8. The van der Waals surface area contributed by atoms with E-state index in [1.54, 1.807) is 0 Å². The molecule has 8 nitrogen and oxygen atoms in total. The molecular formula is C21H25FN4O4S. The second-order valence-corrected chi connectivity index (χ2v) is 9.16. The Bertz CT molecular complexity index is 1020. The average molecular weight is 449 g/mol. The molecule has 2 aromatic rings. The number of rotatable bonds is 8. The first-order valence-electron chi connectivity index (χ1n) is 9.88. The highest BCUT2D eigenvalue weighted by Gasteiger charge is 2.33. The molecule has 0 bridgehead atoms. The molecule has 0 saturated carbocycles. The van der Waals surface area contributed by atoms with E-state index < -0.39 is 33.9 Å². The van der Waals surface area contributed by atoms with Gasteiger partial charge in [0.2, 0.25) is 5.91 Å². The molecule has 2 atom stereocenters. The summed E-state index contributed by atoms with van der Waals surface area (Å²) in [4.78, 5) is 25.6. The van der Waals surface area contributed by atoms with Crippen LogP contribution in [0.25, 0.3) is 0 Å². The Labute approximate surface area is 181 Å². The first-order chi connectivity index (χ1) is 14.8. The number of carbonyl (C=O) groups excluding carboxylic acids is 2. The van der Waals surface area contributed by atoms with Crippen molar-refractivity contribution in [3.63, 3.8) is 0 Å². The molecular weight excluding hydrogens is 423 g/mol. The van der Waals surface area contributed by atoms with Crippen LogP contribution in [-0.2, 0) is 21.4 Å². The van der Waals surface area contributed by atoms with E-state index in [-0.39, 0.29) is 24.6 Å². The number of benzene rings is 2. The SMILES string of the molecule is CNS(=O)(=O)N1CC[C@@H](NC(=O)[C@H](Cc2ccccc2)NC(=O)c2ccc(F)cc2)C1. The molecule has 0 spiro atoms. The standard InChI is InChI=1S/C21H25FN4O4S/c1-23-31(29,30)26-12-11-18(14-26)24-21(28)19(13-15-5-3-2-4-6-15)25-20(27)16-7-9-17(22)10-8-16/h2-10,18-19,23H,11-14H2,1H3,(H,24,28)(H,25,27)/t18-,19+/m1/s1. The van der Waals surface area contributed by atoms with Gasteiger partial charge in [-0.05, 0) is 36.2 Å². The topological polar surface area (TPSA) is 108 Å². The molecule has 2 aromatic carbocycles. The first kappa shape index (κ1) is 22.9. The van der Waals surface area contributed by atoms with Gasteiger partial charge in [0.1, 0.15) is 11.9 Å². The maximum absolute atomic E-state index is 13.1. The van der Waals surface area contributed by atoms with Gasteiger partial charge in [0.05, 0.1) is 0 Å². The fraction of sp³-hybridized carbons (Fsp3) is 0.333. The van der Waals surface area contributed by atoms with Crippen LogP contribution in [0.2, 0.25) is 0 Å². The summed E-state index contributed by atoms with van der Waals surface area (Å²) in [7, 11) is -2.23. The molecule has 166 valence electrons. The van der Waals surface area contributed by atoms with E-state index in [0.717, 1.165) is 5.56 Å². The molecule has 0 aliphatic carbocycles. The number of nitrogens with one attached hydrogen (secondary N) is 3. The summed E-state index contributed by atoms with van der Waals surface area (Å²) in [6.45, 7) is 0.443. The molecule has 0 radical (unpaired) electrons. The molecule has 0 unspecified atom stereocenters. The number of carbonyl (C=O) groups is 2. The lowest BCUT2D eigenvalue weighted by molar-refractivity contribution is -0.123. The zero-order valence-corrected chi connectivity index (χ0v) is 17.9. The summed E-state index contributed by atoms with van der Waals surface area (Å²) in [5.41, 5.74) is 1.09. The summed E-state index contributed by atoms with van der Waals surface area (Å²) in [6.07, 6.45) is 0.724. The minimum atomic E-state index is -3.56. The van der Waals surface area contributed by atoms with Crippen LogP contribution in [0.1, 0.15) is 22.3 Å². The van der Waals surface area contributed by atoms with Crippen LogP contribution < -0.4 is 15.4 Å². The van der Waals surface area contributed by atoms with Gasteiger partial charge < -0.3 is 10.6 Å². The van der Waals surface area contributed by atoms with E-state index in [1.807, 2.05) is 30.3 Å². The summed E-state index contributed by atoms with van der Waals surface area (Å²) in [5, 5.41) is 5.55. The third kappa shape index (κ3) is 6.09. The fourth-order valence-corrected chi connectivity index (χ4v) is 4.38. The Morgan fingerprint density at radius 3 is 2.45 bits per heavy atom. The molecule has 0 aromatic heterocycles. The number of amides is 2. The van der Waals surface area contributed by atoms with Gasteiger partial charge in [-0.15, -0.1) is 0 Å². The zero-order valence-electron chi connectivity index (χ0n) is 17.0. The van der Waals surface area contributed by atoms with Crippen molar-refractivity contribution in [1.82, 2.24) is 19.7 Å². The molecule has 1 heterocycles. The Balaban J connectivity index is 1.70. The van der Waals surface area contributed by atoms with Crippen molar-refractivity contribution in [2.75, 3.05) is 20.1 Å². The predicted molar refractivity (Wildman–Crippen MR) is 114 cm³/mol. The minimum absolute atomic E-state index is 0.152. The Kier molecular flexibility index (Phi) is 7.37.